The van der Waals surface area contributed by atoms with Crippen LogP contribution in [-0.4, -0.2) is 41.4 Å². The molecule has 1 fully saturated rings. The van der Waals surface area contributed by atoms with E-state index in [-0.39, 0.29) is 17.9 Å². The van der Waals surface area contributed by atoms with Gasteiger partial charge >= 0.3 is 0 Å². The summed E-state index contributed by atoms with van der Waals surface area (Å²) in [6, 6.07) is 4.03. The third-order valence-corrected chi connectivity index (χ3v) is 5.16. The van der Waals surface area contributed by atoms with Crippen molar-refractivity contribution in [3.63, 3.8) is 0 Å². The predicted octanol–water partition coefficient (Wildman–Crippen LogP) is 2.73. The van der Waals surface area contributed by atoms with Crippen molar-refractivity contribution >= 4 is 0 Å². The second-order valence-electron chi connectivity index (χ2n) is 7.18. The molecule has 0 aromatic heterocycles. The van der Waals surface area contributed by atoms with Crippen LogP contribution in [0.15, 0.2) is 12.1 Å². The van der Waals surface area contributed by atoms with Gasteiger partial charge in [0.05, 0.1) is 13.2 Å². The van der Waals surface area contributed by atoms with E-state index in [1.165, 1.54) is 11.1 Å². The van der Waals surface area contributed by atoms with Crippen molar-refractivity contribution < 1.29 is 14.9 Å². The number of aliphatic hydroxyl groups excluding tert-OH is 1. The summed E-state index contributed by atoms with van der Waals surface area (Å²) in [5.74, 6) is 1.73. The van der Waals surface area contributed by atoms with Crippen molar-refractivity contribution in [1.82, 2.24) is 4.90 Å². The van der Waals surface area contributed by atoms with Crippen molar-refractivity contribution in [2.24, 2.45) is 11.8 Å². The van der Waals surface area contributed by atoms with Crippen LogP contribution in [-0.2, 0) is 6.42 Å². The van der Waals surface area contributed by atoms with E-state index >= 15 is 0 Å². The van der Waals surface area contributed by atoms with E-state index < -0.39 is 0 Å². The fourth-order valence-electron chi connectivity index (χ4n) is 4.11. The summed E-state index contributed by atoms with van der Waals surface area (Å²) in [6.45, 7) is 6.41. The summed E-state index contributed by atoms with van der Waals surface area (Å²) in [4.78, 5) is 2.50. The third-order valence-electron chi connectivity index (χ3n) is 5.16. The molecule has 1 unspecified atom stereocenters. The Hall–Kier alpha value is -1.26. The maximum absolute atomic E-state index is 10.6. The van der Waals surface area contributed by atoms with Gasteiger partial charge in [-0.1, -0.05) is 13.8 Å². The molecular weight excluding hydrogens is 278 g/mol. The first-order valence-electron chi connectivity index (χ1n) is 8.31. The Bertz CT molecular complexity index is 543. The van der Waals surface area contributed by atoms with Crippen LogP contribution in [0.5, 0.6) is 11.5 Å². The summed E-state index contributed by atoms with van der Waals surface area (Å²) < 4.78 is 5.26. The number of ether oxygens (including phenoxy) is 1. The van der Waals surface area contributed by atoms with Crippen molar-refractivity contribution in [3.8, 4) is 11.5 Å². The molecule has 4 heteroatoms. The quantitative estimate of drug-likeness (QED) is 0.901. The molecule has 2 aliphatic rings. The highest BCUT2D eigenvalue weighted by molar-refractivity contribution is 5.48. The van der Waals surface area contributed by atoms with Crippen LogP contribution >= 0.6 is 0 Å². The molecule has 0 saturated carbocycles. The molecule has 3 atom stereocenters. The van der Waals surface area contributed by atoms with Crippen molar-refractivity contribution in [2.75, 3.05) is 20.2 Å². The number of phenols is 1. The number of methoxy groups -OCH3 is 1. The molecule has 122 valence electrons. The molecular formula is C18H27NO3. The smallest absolute Gasteiger partial charge is 0.160 e. The minimum atomic E-state index is -0.241. The van der Waals surface area contributed by atoms with Crippen molar-refractivity contribution in [2.45, 2.75) is 45.3 Å². The van der Waals surface area contributed by atoms with Gasteiger partial charge in [-0.15, -0.1) is 0 Å². The minimum absolute atomic E-state index is 0.212. The first kappa shape index (κ1) is 15.6. The monoisotopic (exact) mass is 305 g/mol. The number of phenolic OH excluding ortho intramolecular Hbond substituents is 1. The van der Waals surface area contributed by atoms with Gasteiger partial charge in [0.1, 0.15) is 0 Å². The Kier molecular flexibility index (Phi) is 4.33. The summed E-state index contributed by atoms with van der Waals surface area (Å²) in [6.07, 6.45) is 2.57. The molecule has 22 heavy (non-hydrogen) atoms. The molecule has 0 bridgehead atoms. The van der Waals surface area contributed by atoms with Gasteiger partial charge in [0.25, 0.3) is 0 Å². The van der Waals surface area contributed by atoms with Gasteiger partial charge in [0.15, 0.2) is 11.5 Å². The largest absolute Gasteiger partial charge is 0.504 e. The van der Waals surface area contributed by atoms with Crippen molar-refractivity contribution in [1.29, 1.82) is 0 Å². The molecule has 1 saturated heterocycles. The molecule has 0 aliphatic carbocycles. The number of benzene rings is 1. The average Bonchev–Trinajstić information content (AvgIpc) is 2.47. The number of rotatable bonds is 3. The fourth-order valence-corrected chi connectivity index (χ4v) is 4.11. The standard InChI is InChI=1S/C18H27NO3/c1-11(2)6-13-10-19-5-4-12-7-17(21)18(22-3)8-14(12)15(19)9-16(13)20/h7-8,11,13,15-16,20-21H,4-6,9-10H2,1-3H3/t13-,15?,16-/m0/s1. The zero-order valence-corrected chi connectivity index (χ0v) is 13.7. The van der Waals surface area contributed by atoms with E-state index in [1.807, 2.05) is 12.1 Å². The second kappa shape index (κ2) is 6.09. The molecule has 1 aromatic carbocycles. The molecule has 1 aromatic rings. The highest BCUT2D eigenvalue weighted by Crippen LogP contribution is 2.43. The molecule has 2 N–H and O–H groups in total. The van der Waals surface area contributed by atoms with E-state index in [4.69, 9.17) is 4.74 Å². The average molecular weight is 305 g/mol. The van der Waals surface area contributed by atoms with Crippen LogP contribution in [0, 0.1) is 11.8 Å². The molecule has 4 nitrogen and oxygen atoms in total. The SMILES string of the molecule is COc1cc2c(cc1O)CCN1C[C@H](CC(C)C)[C@@H](O)CC21. The van der Waals surface area contributed by atoms with Crippen LogP contribution in [0.25, 0.3) is 0 Å². The van der Waals surface area contributed by atoms with Crippen LogP contribution < -0.4 is 4.74 Å². The number of aliphatic hydroxyl groups is 1. The van der Waals surface area contributed by atoms with Crippen LogP contribution in [0.3, 0.4) is 0 Å². The lowest BCUT2D eigenvalue weighted by Gasteiger charge is -2.46. The Morgan fingerprint density at radius 2 is 2.14 bits per heavy atom. The highest BCUT2D eigenvalue weighted by atomic mass is 16.5. The Balaban J connectivity index is 1.86. The van der Waals surface area contributed by atoms with Gasteiger partial charge < -0.3 is 14.9 Å². The molecule has 0 spiro atoms. The van der Waals surface area contributed by atoms with Crippen LogP contribution in [0.4, 0.5) is 0 Å². The normalized spacial score (nSPS) is 28.3. The third kappa shape index (κ3) is 2.82. The number of hydrogen-bond acceptors (Lipinski definition) is 4. The van der Waals surface area contributed by atoms with E-state index in [2.05, 4.69) is 18.7 Å². The Labute approximate surface area is 132 Å². The number of aromatic hydroxyl groups is 1. The number of hydrogen-bond donors (Lipinski definition) is 2. The van der Waals surface area contributed by atoms with Crippen LogP contribution in [0.1, 0.15) is 43.9 Å². The number of piperidine rings is 1. The van der Waals surface area contributed by atoms with E-state index in [9.17, 15) is 10.2 Å². The first-order chi connectivity index (χ1) is 10.5. The predicted molar refractivity (Wildman–Crippen MR) is 86.2 cm³/mol. The maximum atomic E-state index is 10.6. The lowest BCUT2D eigenvalue weighted by Crippen LogP contribution is -2.48. The lowest BCUT2D eigenvalue weighted by molar-refractivity contribution is -0.0191. The Morgan fingerprint density at radius 3 is 2.82 bits per heavy atom. The molecule has 0 radical (unpaired) electrons. The van der Waals surface area contributed by atoms with Crippen molar-refractivity contribution in [3.05, 3.63) is 23.3 Å². The van der Waals surface area contributed by atoms with Gasteiger partial charge in [-0.3, -0.25) is 4.90 Å². The van der Waals surface area contributed by atoms with Crippen LogP contribution in [0.2, 0.25) is 0 Å². The summed E-state index contributed by atoms with van der Waals surface area (Å²) in [5.41, 5.74) is 2.40. The van der Waals surface area contributed by atoms with Gasteiger partial charge in [-0.25, -0.2) is 0 Å². The van der Waals surface area contributed by atoms with Gasteiger partial charge in [0, 0.05) is 19.1 Å². The number of nitrogens with zero attached hydrogens (tertiary/aromatic N) is 1. The fraction of sp³-hybridized carbons (Fsp3) is 0.667. The van der Waals surface area contributed by atoms with Gasteiger partial charge in [-0.2, -0.15) is 0 Å². The van der Waals surface area contributed by atoms with E-state index in [0.29, 0.717) is 17.6 Å². The summed E-state index contributed by atoms with van der Waals surface area (Å²) in [5, 5.41) is 20.5. The molecule has 3 rings (SSSR count). The van der Waals surface area contributed by atoms with E-state index in [1.54, 1.807) is 7.11 Å². The Morgan fingerprint density at radius 1 is 1.36 bits per heavy atom. The molecule has 2 heterocycles. The maximum Gasteiger partial charge on any atom is 0.160 e. The highest BCUT2D eigenvalue weighted by Gasteiger charge is 2.38. The second-order valence-corrected chi connectivity index (χ2v) is 7.18. The lowest BCUT2D eigenvalue weighted by atomic mass is 9.79. The topological polar surface area (TPSA) is 52.9 Å². The summed E-state index contributed by atoms with van der Waals surface area (Å²) in [7, 11) is 1.58. The molecule has 2 aliphatic heterocycles. The number of fused-ring (bicyclic) bond motifs is 3. The first-order valence-corrected chi connectivity index (χ1v) is 8.31. The zero-order chi connectivity index (χ0) is 15.9. The molecule has 0 amide bonds. The zero-order valence-electron chi connectivity index (χ0n) is 13.7. The van der Waals surface area contributed by atoms with Gasteiger partial charge in [0.2, 0.25) is 0 Å². The minimum Gasteiger partial charge on any atom is -0.504 e. The summed E-state index contributed by atoms with van der Waals surface area (Å²) >= 11 is 0. The van der Waals surface area contributed by atoms with Gasteiger partial charge in [-0.05, 0) is 54.4 Å². The van der Waals surface area contributed by atoms with E-state index in [0.717, 1.165) is 32.4 Å².